The molecule has 2 fully saturated rings. The van der Waals surface area contributed by atoms with Gasteiger partial charge in [0.05, 0.1) is 17.7 Å². The number of ether oxygens (including phenoxy) is 2. The van der Waals surface area contributed by atoms with E-state index in [0.717, 1.165) is 44.3 Å². The predicted molar refractivity (Wildman–Crippen MR) is 138 cm³/mol. The van der Waals surface area contributed by atoms with E-state index in [9.17, 15) is 10.1 Å². The number of likely N-dealkylation sites (tertiary alicyclic amines) is 1. The third-order valence-electron chi connectivity index (χ3n) is 7.43. The molecule has 3 atom stereocenters. The van der Waals surface area contributed by atoms with Crippen LogP contribution in [0.4, 0.5) is 4.79 Å². The molecular weight excluding hydrogens is 440 g/mol. The highest BCUT2D eigenvalue weighted by atomic mass is 16.5. The Kier molecular flexibility index (Phi) is 11.8. The van der Waals surface area contributed by atoms with Gasteiger partial charge in [0.15, 0.2) is 0 Å². The van der Waals surface area contributed by atoms with Crippen molar-refractivity contribution in [1.82, 2.24) is 15.5 Å². The van der Waals surface area contributed by atoms with Crippen LogP contribution in [-0.2, 0) is 9.47 Å². The number of carbonyl (C=O) groups excluding carboxylic acids is 1. The molecule has 7 nitrogen and oxygen atoms in total. The molecule has 0 bridgehead atoms. The van der Waals surface area contributed by atoms with Crippen molar-refractivity contribution >= 4 is 6.03 Å². The number of hydrogen-bond acceptors (Lipinski definition) is 5. The summed E-state index contributed by atoms with van der Waals surface area (Å²) in [6, 6.07) is 10.1. The van der Waals surface area contributed by atoms with Crippen molar-refractivity contribution in [3.8, 4) is 6.07 Å². The number of piperidine rings is 1. The second-order valence-corrected chi connectivity index (χ2v) is 10.2. The van der Waals surface area contributed by atoms with E-state index in [0.29, 0.717) is 31.2 Å². The Bertz CT molecular complexity index is 806. The van der Waals surface area contributed by atoms with Gasteiger partial charge < -0.3 is 25.0 Å². The van der Waals surface area contributed by atoms with Crippen LogP contribution in [0.15, 0.2) is 24.3 Å². The van der Waals surface area contributed by atoms with Gasteiger partial charge in [0, 0.05) is 51.9 Å². The summed E-state index contributed by atoms with van der Waals surface area (Å²) in [5, 5.41) is 16.0. The van der Waals surface area contributed by atoms with Crippen molar-refractivity contribution in [2.24, 2.45) is 11.8 Å². The van der Waals surface area contributed by atoms with Gasteiger partial charge in [-0.25, -0.2) is 4.79 Å². The molecule has 1 aromatic carbocycles. The van der Waals surface area contributed by atoms with Crippen molar-refractivity contribution < 1.29 is 14.3 Å². The Labute approximate surface area is 211 Å². The van der Waals surface area contributed by atoms with Crippen LogP contribution in [0.5, 0.6) is 0 Å². The van der Waals surface area contributed by atoms with Gasteiger partial charge in [-0.1, -0.05) is 44.2 Å². The minimum absolute atomic E-state index is 0.0367. The topological polar surface area (TPSA) is 86.6 Å². The first-order chi connectivity index (χ1) is 17.1. The summed E-state index contributed by atoms with van der Waals surface area (Å²) in [5.74, 6) is 0.904. The highest BCUT2D eigenvalue weighted by Gasteiger charge is 2.32. The number of methoxy groups -OCH3 is 1. The number of carbonyl (C=O) groups is 1. The number of likely N-dealkylation sites (N-methyl/N-ethyl adjacent to an activating group) is 1. The normalized spacial score (nSPS) is 20.7. The molecule has 0 spiro atoms. The van der Waals surface area contributed by atoms with E-state index < -0.39 is 0 Å². The molecule has 1 saturated carbocycles. The van der Waals surface area contributed by atoms with E-state index >= 15 is 0 Å². The summed E-state index contributed by atoms with van der Waals surface area (Å²) in [6.45, 7) is 3.47. The lowest BCUT2D eigenvalue weighted by Crippen LogP contribution is -2.52. The molecule has 1 aromatic rings. The first kappa shape index (κ1) is 27.4. The van der Waals surface area contributed by atoms with Gasteiger partial charge in [0.1, 0.15) is 0 Å². The number of nitrogens with zero attached hydrogens (tertiary/aromatic N) is 2. The van der Waals surface area contributed by atoms with Crippen molar-refractivity contribution in [2.75, 3.05) is 47.0 Å². The number of nitrogens with one attached hydrogen (secondary N) is 2. The average molecular weight is 485 g/mol. The smallest absolute Gasteiger partial charge is 0.317 e. The molecule has 3 rings (SSSR count). The quantitative estimate of drug-likeness (QED) is 0.422. The number of hydrogen-bond donors (Lipinski definition) is 2. The standard InChI is InChI=1S/C28H44N4O3/c1-30-20-26(18-22-9-4-3-5-10-22)31-28(33)32-14-7-13-25(21-32)27(35-16-8-15-34-2)24-12-6-11-23(17-24)19-29/h6,11-12,17,22,25-27,30H,3-5,7-10,13-16,18,20-21H2,1-2H3,(H,31,33)/t25?,26-,27?/m0/s1. The summed E-state index contributed by atoms with van der Waals surface area (Å²) in [5.41, 5.74) is 1.65. The molecule has 1 saturated heterocycles. The van der Waals surface area contributed by atoms with Crippen LogP contribution < -0.4 is 10.6 Å². The Hall–Kier alpha value is -2.14. The van der Waals surface area contributed by atoms with Crippen LogP contribution in [0.25, 0.3) is 0 Å². The second kappa shape index (κ2) is 15.1. The maximum absolute atomic E-state index is 13.3. The Morgan fingerprint density at radius 2 is 2.03 bits per heavy atom. The molecule has 2 amide bonds. The molecule has 2 unspecified atom stereocenters. The third-order valence-corrected chi connectivity index (χ3v) is 7.43. The molecule has 2 N–H and O–H groups in total. The highest BCUT2D eigenvalue weighted by molar-refractivity contribution is 5.74. The number of urea groups is 1. The summed E-state index contributed by atoms with van der Waals surface area (Å²) < 4.78 is 11.5. The molecule has 1 heterocycles. The molecule has 2 aliphatic rings. The monoisotopic (exact) mass is 484 g/mol. The van der Waals surface area contributed by atoms with E-state index in [4.69, 9.17) is 9.47 Å². The first-order valence-corrected chi connectivity index (χ1v) is 13.4. The molecule has 0 aromatic heterocycles. The molecule has 1 aliphatic heterocycles. The lowest BCUT2D eigenvalue weighted by molar-refractivity contribution is -0.0168. The maximum Gasteiger partial charge on any atom is 0.317 e. The Morgan fingerprint density at radius 1 is 1.20 bits per heavy atom. The minimum atomic E-state index is -0.147. The lowest BCUT2D eigenvalue weighted by atomic mass is 9.85. The second-order valence-electron chi connectivity index (χ2n) is 10.2. The summed E-state index contributed by atoms with van der Waals surface area (Å²) in [6.07, 6.45) is 10.2. The lowest BCUT2D eigenvalue weighted by Gasteiger charge is -2.38. The fourth-order valence-corrected chi connectivity index (χ4v) is 5.68. The van der Waals surface area contributed by atoms with Gasteiger partial charge in [-0.05, 0) is 56.3 Å². The fraction of sp³-hybridized carbons (Fsp3) is 0.714. The van der Waals surface area contributed by atoms with E-state index in [1.165, 1.54) is 32.1 Å². The molecule has 35 heavy (non-hydrogen) atoms. The molecule has 0 radical (unpaired) electrons. The Balaban J connectivity index is 1.64. The van der Waals surface area contributed by atoms with Gasteiger partial charge in [0.2, 0.25) is 0 Å². The zero-order chi connectivity index (χ0) is 24.9. The van der Waals surface area contributed by atoms with Crippen LogP contribution in [0.1, 0.15) is 75.0 Å². The largest absolute Gasteiger partial charge is 0.385 e. The third kappa shape index (κ3) is 8.79. The van der Waals surface area contributed by atoms with E-state index in [2.05, 4.69) is 16.7 Å². The molecule has 194 valence electrons. The van der Waals surface area contributed by atoms with Gasteiger partial charge in [-0.15, -0.1) is 0 Å². The highest BCUT2D eigenvalue weighted by Crippen LogP contribution is 2.34. The zero-order valence-electron chi connectivity index (χ0n) is 21.6. The van der Waals surface area contributed by atoms with Crippen molar-refractivity contribution in [2.45, 2.75) is 69.9 Å². The maximum atomic E-state index is 13.3. The van der Waals surface area contributed by atoms with E-state index in [-0.39, 0.29) is 24.1 Å². The minimum Gasteiger partial charge on any atom is -0.385 e. The Morgan fingerprint density at radius 3 is 2.77 bits per heavy atom. The van der Waals surface area contributed by atoms with Crippen molar-refractivity contribution in [1.29, 1.82) is 5.26 Å². The van der Waals surface area contributed by atoms with Crippen LogP contribution >= 0.6 is 0 Å². The van der Waals surface area contributed by atoms with Crippen LogP contribution in [-0.4, -0.2) is 64.0 Å². The van der Waals surface area contributed by atoms with Crippen molar-refractivity contribution in [3.05, 3.63) is 35.4 Å². The summed E-state index contributed by atoms with van der Waals surface area (Å²) >= 11 is 0. The van der Waals surface area contributed by atoms with Gasteiger partial charge in [-0.3, -0.25) is 0 Å². The first-order valence-electron chi connectivity index (χ1n) is 13.4. The van der Waals surface area contributed by atoms with Gasteiger partial charge in [0.25, 0.3) is 0 Å². The van der Waals surface area contributed by atoms with E-state index in [1.807, 2.05) is 36.2 Å². The van der Waals surface area contributed by atoms with Crippen LogP contribution in [0, 0.1) is 23.2 Å². The molecular formula is C28H44N4O3. The van der Waals surface area contributed by atoms with Crippen molar-refractivity contribution in [3.63, 3.8) is 0 Å². The number of amides is 2. The average Bonchev–Trinajstić information content (AvgIpc) is 2.89. The van der Waals surface area contributed by atoms with Gasteiger partial charge >= 0.3 is 6.03 Å². The number of benzene rings is 1. The number of nitriles is 1. The molecule has 7 heteroatoms. The van der Waals surface area contributed by atoms with Crippen LogP contribution in [0.2, 0.25) is 0 Å². The van der Waals surface area contributed by atoms with E-state index in [1.54, 1.807) is 7.11 Å². The number of rotatable bonds is 12. The SMILES string of the molecule is CNC[C@H](CC1CCCCC1)NC(=O)N1CCCC(C(OCCCOC)c2cccc(C#N)c2)C1. The fourth-order valence-electron chi connectivity index (χ4n) is 5.68. The zero-order valence-corrected chi connectivity index (χ0v) is 21.6. The molecule has 1 aliphatic carbocycles. The predicted octanol–water partition coefficient (Wildman–Crippen LogP) is 4.63. The van der Waals surface area contributed by atoms with Crippen LogP contribution in [0.3, 0.4) is 0 Å². The summed E-state index contributed by atoms with van der Waals surface area (Å²) in [7, 11) is 3.65. The summed E-state index contributed by atoms with van der Waals surface area (Å²) in [4.78, 5) is 15.3. The van der Waals surface area contributed by atoms with Gasteiger partial charge in [-0.2, -0.15) is 5.26 Å².